The standard InChI is InChI=1S/C10H12N2O3S/c13-9(14)8-3-1-2-5-12(8)10(15)16-6-4-11-7-16/h4,6-8H,1-3,5H2. The molecule has 0 saturated carbocycles. The molecule has 6 heteroatoms. The van der Waals surface area contributed by atoms with Gasteiger partial charge in [0.15, 0.2) is 5.38 Å². The predicted octanol–water partition coefficient (Wildman–Crippen LogP) is 0.403. The van der Waals surface area contributed by atoms with E-state index in [1.54, 1.807) is 17.1 Å². The van der Waals surface area contributed by atoms with E-state index in [4.69, 9.17) is 0 Å². The summed E-state index contributed by atoms with van der Waals surface area (Å²) in [7, 11) is -0.683. The van der Waals surface area contributed by atoms with Crippen LogP contribution in [0.4, 0.5) is 4.79 Å². The van der Waals surface area contributed by atoms with Crippen LogP contribution in [0.25, 0.3) is 0 Å². The topological polar surface area (TPSA) is 73.3 Å². The van der Waals surface area contributed by atoms with Gasteiger partial charge in [0, 0.05) is 6.54 Å². The molecule has 0 bridgehead atoms. The summed E-state index contributed by atoms with van der Waals surface area (Å²) in [6, 6.07) is -0.767. The molecule has 16 heavy (non-hydrogen) atoms. The number of aliphatic carboxylic acids is 1. The molecule has 0 spiro atoms. The Morgan fingerprint density at radius 1 is 1.44 bits per heavy atom. The van der Waals surface area contributed by atoms with Gasteiger partial charge in [0.1, 0.15) is 0 Å². The molecule has 0 aliphatic carbocycles. The molecule has 1 saturated heterocycles. The summed E-state index contributed by atoms with van der Waals surface area (Å²) in [6.45, 7) is 0.503. The van der Waals surface area contributed by atoms with Crippen molar-refractivity contribution in [3.63, 3.8) is 0 Å². The van der Waals surface area contributed by atoms with Gasteiger partial charge < -0.3 is 9.90 Å². The lowest BCUT2D eigenvalue weighted by Crippen LogP contribution is -2.51. The number of hydrogen-bond acceptors (Lipinski definition) is 4. The third-order valence-corrected chi connectivity index (χ3v) is 4.08. The molecule has 2 unspecified atom stereocenters. The highest BCUT2D eigenvalue weighted by molar-refractivity contribution is 7.48. The van der Waals surface area contributed by atoms with E-state index in [1.165, 1.54) is 4.90 Å². The maximum absolute atomic E-state index is 12.0. The molecule has 2 atom stereocenters. The van der Waals surface area contributed by atoms with Gasteiger partial charge >= 0.3 is 5.24 Å². The van der Waals surface area contributed by atoms with Crippen molar-refractivity contribution < 1.29 is 14.7 Å². The van der Waals surface area contributed by atoms with Crippen LogP contribution in [0.2, 0.25) is 0 Å². The highest BCUT2D eigenvalue weighted by atomic mass is 32.2. The normalized spacial score (nSPS) is 21.9. The second-order valence-corrected chi connectivity index (χ2v) is 5.28. The van der Waals surface area contributed by atoms with Gasteiger partial charge in [-0.25, -0.2) is 9.78 Å². The average Bonchev–Trinajstić information content (AvgIpc) is 2.81. The Labute approximate surface area is 95.7 Å². The minimum atomic E-state index is -1.16. The van der Waals surface area contributed by atoms with Crippen molar-refractivity contribution >= 4 is 21.7 Å². The van der Waals surface area contributed by atoms with Crippen LogP contribution in [0.3, 0.4) is 0 Å². The number of carboxylic acid groups (broad SMARTS) is 1. The Balaban J connectivity index is 2.17. The monoisotopic (exact) mass is 240 g/mol. The zero-order valence-electron chi connectivity index (χ0n) is 8.67. The number of aromatic nitrogens is 1. The van der Waals surface area contributed by atoms with Crippen molar-refractivity contribution in [3.8, 4) is 0 Å². The second kappa shape index (κ2) is 4.61. The van der Waals surface area contributed by atoms with Gasteiger partial charge in [-0.15, -0.1) is 0 Å². The number of piperidine rings is 1. The summed E-state index contributed by atoms with van der Waals surface area (Å²) in [5.41, 5.74) is 1.56. The van der Waals surface area contributed by atoms with Crippen molar-refractivity contribution in [2.24, 2.45) is 0 Å². The third-order valence-electron chi connectivity index (χ3n) is 2.68. The van der Waals surface area contributed by atoms with E-state index in [9.17, 15) is 14.7 Å². The molecule has 2 rings (SSSR count). The van der Waals surface area contributed by atoms with Crippen LogP contribution in [0.15, 0.2) is 17.1 Å². The highest BCUT2D eigenvalue weighted by Gasteiger charge is 2.33. The van der Waals surface area contributed by atoms with Gasteiger partial charge in [-0.1, -0.05) is 0 Å². The molecule has 1 fully saturated rings. The molecule has 0 aromatic carbocycles. The van der Waals surface area contributed by atoms with E-state index in [-0.39, 0.29) is 5.24 Å². The molecule has 0 N–H and O–H groups in total. The van der Waals surface area contributed by atoms with Crippen LogP contribution in [-0.4, -0.2) is 33.7 Å². The molecule has 5 nitrogen and oxygen atoms in total. The molecular formula is C10H12N2O3S. The van der Waals surface area contributed by atoms with Gasteiger partial charge in [-0.3, -0.25) is 4.90 Å². The Kier molecular flexibility index (Phi) is 3.19. The molecule has 1 aromatic heterocycles. The van der Waals surface area contributed by atoms with Crippen molar-refractivity contribution in [3.05, 3.63) is 17.1 Å². The molecular weight excluding hydrogens is 228 g/mol. The number of rotatable bonds is 2. The van der Waals surface area contributed by atoms with Crippen molar-refractivity contribution in [2.75, 3.05) is 6.54 Å². The van der Waals surface area contributed by atoms with Crippen LogP contribution in [0, 0.1) is 0 Å². The van der Waals surface area contributed by atoms with E-state index in [0.717, 1.165) is 12.8 Å². The van der Waals surface area contributed by atoms with Crippen molar-refractivity contribution in [2.45, 2.75) is 25.3 Å². The Morgan fingerprint density at radius 3 is 2.88 bits per heavy atom. The number of thiazole rings is 1. The van der Waals surface area contributed by atoms with Crippen molar-refractivity contribution in [1.82, 2.24) is 9.88 Å². The zero-order valence-corrected chi connectivity index (χ0v) is 9.48. The van der Waals surface area contributed by atoms with E-state index in [0.29, 0.717) is 13.0 Å². The molecule has 0 radical (unpaired) electrons. The summed E-state index contributed by atoms with van der Waals surface area (Å²) < 4.78 is 0. The summed E-state index contributed by atoms with van der Waals surface area (Å²) in [5, 5.41) is 12.5. The fourth-order valence-electron chi connectivity index (χ4n) is 1.87. The van der Waals surface area contributed by atoms with E-state index >= 15 is 0 Å². The first kappa shape index (κ1) is 11.1. The number of carboxylic acids is 1. The van der Waals surface area contributed by atoms with Crippen LogP contribution in [0.1, 0.15) is 19.3 Å². The maximum Gasteiger partial charge on any atom is 0.460 e. The van der Waals surface area contributed by atoms with Gasteiger partial charge in [-0.2, -0.15) is 0 Å². The lowest BCUT2D eigenvalue weighted by molar-refractivity contribution is -0.311. The Morgan fingerprint density at radius 2 is 2.25 bits per heavy atom. The summed E-state index contributed by atoms with van der Waals surface area (Å²) >= 11 is 0. The number of hydrogen-bond donors (Lipinski definition) is 0. The lowest BCUT2D eigenvalue weighted by Gasteiger charge is -2.33. The third kappa shape index (κ3) is 2.06. The first-order valence-electron chi connectivity index (χ1n) is 5.13. The van der Waals surface area contributed by atoms with Crippen LogP contribution < -0.4 is 5.11 Å². The van der Waals surface area contributed by atoms with Gasteiger partial charge in [-0.05, 0) is 19.3 Å². The minimum absolute atomic E-state index is 0.161. The summed E-state index contributed by atoms with van der Waals surface area (Å²) in [4.78, 5) is 28.2. The van der Waals surface area contributed by atoms with Gasteiger partial charge in [0.2, 0.25) is 5.51 Å². The number of nitrogens with zero attached hydrogens (tertiary/aromatic N) is 2. The first-order chi connectivity index (χ1) is 7.70. The minimum Gasteiger partial charge on any atom is -0.548 e. The van der Waals surface area contributed by atoms with Crippen LogP contribution >= 0.6 is 10.5 Å². The van der Waals surface area contributed by atoms with Crippen LogP contribution in [-0.2, 0) is 4.79 Å². The zero-order chi connectivity index (χ0) is 11.5. The number of amides is 1. The van der Waals surface area contributed by atoms with Gasteiger partial charge in [0.05, 0.1) is 28.7 Å². The lowest BCUT2D eigenvalue weighted by atomic mass is 10.0. The maximum atomic E-state index is 12.0. The van der Waals surface area contributed by atoms with Crippen LogP contribution in [0.5, 0.6) is 0 Å². The SMILES string of the molecule is O=C([O-])C1CCCCN1C(=O)[s+]1ccnc1. The number of carbonyl (C=O) groups is 2. The summed E-state index contributed by atoms with van der Waals surface area (Å²) in [5.74, 6) is -1.16. The predicted molar refractivity (Wildman–Crippen MR) is 56.9 cm³/mol. The van der Waals surface area contributed by atoms with E-state index in [1.807, 2.05) is 0 Å². The average molecular weight is 240 g/mol. The largest absolute Gasteiger partial charge is 0.548 e. The highest BCUT2D eigenvalue weighted by Crippen LogP contribution is 2.25. The fraction of sp³-hybridized carbons (Fsp3) is 0.500. The van der Waals surface area contributed by atoms with E-state index < -0.39 is 22.5 Å². The molecule has 1 aromatic rings. The molecule has 86 valence electrons. The number of likely N-dealkylation sites (tertiary alicyclic amines) is 1. The van der Waals surface area contributed by atoms with Crippen molar-refractivity contribution in [1.29, 1.82) is 0 Å². The molecule has 1 aliphatic rings. The second-order valence-electron chi connectivity index (χ2n) is 3.70. The van der Waals surface area contributed by atoms with E-state index in [2.05, 4.69) is 4.98 Å². The molecule has 1 aliphatic heterocycles. The Hall–Kier alpha value is -1.43. The van der Waals surface area contributed by atoms with Gasteiger partial charge in [0.25, 0.3) is 0 Å². The Bertz CT molecular complexity index is 391. The quantitative estimate of drug-likeness (QED) is 0.701. The fourth-order valence-corrected chi connectivity index (χ4v) is 3.04. The molecule has 2 heterocycles. The molecule has 1 amide bonds. The first-order valence-corrected chi connectivity index (χ1v) is 6.48. The summed E-state index contributed by atoms with van der Waals surface area (Å²) in [6.07, 6.45) is 3.75. The number of carbonyl (C=O) groups excluding carboxylic acids is 2. The smallest absolute Gasteiger partial charge is 0.460 e.